The Balaban J connectivity index is 2.10. The van der Waals surface area contributed by atoms with Gasteiger partial charge in [0.05, 0.1) is 16.3 Å². The van der Waals surface area contributed by atoms with Crippen molar-refractivity contribution in [3.05, 3.63) is 52.0 Å². The molecule has 0 saturated heterocycles. The number of aliphatic carboxylic acids is 1. The van der Waals surface area contributed by atoms with Gasteiger partial charge in [0.25, 0.3) is 5.91 Å². The Labute approximate surface area is 119 Å². The first-order valence-corrected chi connectivity index (χ1v) is 6.62. The van der Waals surface area contributed by atoms with E-state index in [1.165, 1.54) is 17.4 Å². The van der Waals surface area contributed by atoms with Crippen LogP contribution in [-0.2, 0) is 4.79 Å². The molecule has 0 aliphatic carbocycles. The Morgan fingerprint density at radius 3 is 2.85 bits per heavy atom. The number of amides is 1. The molecule has 2 aromatic rings. The molecular formula is C14H12N2O3S. The summed E-state index contributed by atoms with van der Waals surface area (Å²) in [6.45, 7) is 1.81. The number of aromatic nitrogens is 1. The SMILES string of the molecule is Cc1ncccc1NC(=O)c1ccc(C=CC(=O)O)s1. The van der Waals surface area contributed by atoms with Crippen molar-refractivity contribution in [3.63, 3.8) is 0 Å². The quantitative estimate of drug-likeness (QED) is 0.848. The Hall–Kier alpha value is -2.47. The normalized spacial score (nSPS) is 10.7. The highest BCUT2D eigenvalue weighted by Crippen LogP contribution is 2.20. The molecule has 0 bridgehead atoms. The van der Waals surface area contributed by atoms with E-state index in [1.807, 2.05) is 6.92 Å². The molecule has 0 atom stereocenters. The van der Waals surface area contributed by atoms with Crippen LogP contribution in [0.4, 0.5) is 5.69 Å². The van der Waals surface area contributed by atoms with Gasteiger partial charge in [0.1, 0.15) is 0 Å². The molecule has 0 aliphatic heterocycles. The molecule has 6 heteroatoms. The lowest BCUT2D eigenvalue weighted by molar-refractivity contribution is -0.131. The topological polar surface area (TPSA) is 79.3 Å². The Kier molecular flexibility index (Phi) is 4.27. The largest absolute Gasteiger partial charge is 0.478 e. The first-order chi connectivity index (χ1) is 9.56. The zero-order valence-electron chi connectivity index (χ0n) is 10.7. The van der Waals surface area contributed by atoms with Crippen LogP contribution >= 0.6 is 11.3 Å². The average molecular weight is 288 g/mol. The van der Waals surface area contributed by atoms with Gasteiger partial charge in [0.2, 0.25) is 0 Å². The number of nitrogens with one attached hydrogen (secondary N) is 1. The fourth-order valence-corrected chi connectivity index (χ4v) is 2.32. The number of nitrogens with zero attached hydrogens (tertiary/aromatic N) is 1. The zero-order chi connectivity index (χ0) is 14.5. The summed E-state index contributed by atoms with van der Waals surface area (Å²) in [5.74, 6) is -1.25. The van der Waals surface area contributed by atoms with Gasteiger partial charge in [0, 0.05) is 17.2 Å². The highest BCUT2D eigenvalue weighted by Gasteiger charge is 2.10. The lowest BCUT2D eigenvalue weighted by atomic mass is 10.3. The Bertz CT molecular complexity index is 677. The number of carboxylic acids is 1. The standard InChI is InChI=1S/C14H12N2O3S/c1-9-11(3-2-8-15-9)16-14(19)12-6-4-10(20-12)5-7-13(17)18/h2-8H,1H3,(H,16,19)(H,17,18). The van der Waals surface area contributed by atoms with E-state index in [0.29, 0.717) is 15.4 Å². The molecule has 5 nitrogen and oxygen atoms in total. The number of thiophene rings is 1. The molecule has 0 unspecified atom stereocenters. The van der Waals surface area contributed by atoms with Crippen molar-refractivity contribution in [3.8, 4) is 0 Å². The van der Waals surface area contributed by atoms with Crippen molar-refractivity contribution >= 4 is 35.0 Å². The van der Waals surface area contributed by atoms with E-state index in [1.54, 1.807) is 30.5 Å². The smallest absolute Gasteiger partial charge is 0.328 e. The summed E-state index contributed by atoms with van der Waals surface area (Å²) in [4.78, 5) is 27.8. The van der Waals surface area contributed by atoms with E-state index in [2.05, 4.69) is 10.3 Å². The molecule has 20 heavy (non-hydrogen) atoms. The molecule has 2 N–H and O–H groups in total. The monoisotopic (exact) mass is 288 g/mol. The van der Waals surface area contributed by atoms with Gasteiger partial charge in [0.15, 0.2) is 0 Å². The number of aryl methyl sites for hydroxylation is 1. The highest BCUT2D eigenvalue weighted by molar-refractivity contribution is 7.15. The van der Waals surface area contributed by atoms with Crippen LogP contribution < -0.4 is 5.32 Å². The Morgan fingerprint density at radius 1 is 1.35 bits per heavy atom. The van der Waals surface area contributed by atoms with Gasteiger partial charge < -0.3 is 10.4 Å². The van der Waals surface area contributed by atoms with Crippen molar-refractivity contribution in [2.75, 3.05) is 5.32 Å². The van der Waals surface area contributed by atoms with Gasteiger partial charge in [-0.25, -0.2) is 4.79 Å². The molecule has 0 saturated carbocycles. The summed E-state index contributed by atoms with van der Waals surface area (Å²) in [5, 5.41) is 11.3. The van der Waals surface area contributed by atoms with E-state index in [4.69, 9.17) is 5.11 Å². The molecule has 1 amide bonds. The van der Waals surface area contributed by atoms with Gasteiger partial charge in [-0.1, -0.05) is 0 Å². The number of pyridine rings is 1. The van der Waals surface area contributed by atoms with Crippen LogP contribution in [0.1, 0.15) is 20.2 Å². The summed E-state index contributed by atoms with van der Waals surface area (Å²) >= 11 is 1.23. The number of carboxylic acid groups (broad SMARTS) is 1. The summed E-state index contributed by atoms with van der Waals surface area (Å²) in [6, 6.07) is 6.89. The van der Waals surface area contributed by atoms with Crippen LogP contribution in [0.5, 0.6) is 0 Å². The number of hydrogen-bond donors (Lipinski definition) is 2. The fraction of sp³-hybridized carbons (Fsp3) is 0.0714. The van der Waals surface area contributed by atoms with Crippen LogP contribution in [-0.4, -0.2) is 22.0 Å². The number of rotatable bonds is 4. The van der Waals surface area contributed by atoms with Crippen LogP contribution in [0.25, 0.3) is 6.08 Å². The fourth-order valence-electron chi connectivity index (χ4n) is 1.52. The molecule has 0 spiro atoms. The van der Waals surface area contributed by atoms with Crippen LogP contribution in [0.2, 0.25) is 0 Å². The maximum atomic E-state index is 12.0. The van der Waals surface area contributed by atoms with E-state index in [9.17, 15) is 9.59 Å². The molecule has 2 heterocycles. The van der Waals surface area contributed by atoms with Gasteiger partial charge in [-0.2, -0.15) is 0 Å². The van der Waals surface area contributed by atoms with Crippen molar-refractivity contribution in [1.82, 2.24) is 4.98 Å². The van der Waals surface area contributed by atoms with Crippen molar-refractivity contribution < 1.29 is 14.7 Å². The lowest BCUT2D eigenvalue weighted by Gasteiger charge is -2.05. The number of carbonyl (C=O) groups excluding carboxylic acids is 1. The van der Waals surface area contributed by atoms with Crippen LogP contribution in [0.3, 0.4) is 0 Å². The number of carbonyl (C=O) groups is 2. The second-order valence-corrected chi connectivity index (χ2v) is 5.08. The molecule has 2 aromatic heterocycles. The van der Waals surface area contributed by atoms with E-state index in [0.717, 1.165) is 11.8 Å². The molecule has 0 fully saturated rings. The van der Waals surface area contributed by atoms with Crippen molar-refractivity contribution in [1.29, 1.82) is 0 Å². The van der Waals surface area contributed by atoms with Crippen molar-refractivity contribution in [2.45, 2.75) is 6.92 Å². The highest BCUT2D eigenvalue weighted by atomic mass is 32.1. The third-order valence-electron chi connectivity index (χ3n) is 2.50. The predicted octanol–water partition coefficient (Wildman–Crippen LogP) is 2.80. The van der Waals surface area contributed by atoms with Gasteiger partial charge >= 0.3 is 5.97 Å². The lowest BCUT2D eigenvalue weighted by Crippen LogP contribution is -2.11. The predicted molar refractivity (Wildman–Crippen MR) is 77.9 cm³/mol. The molecular weight excluding hydrogens is 276 g/mol. The average Bonchev–Trinajstić information content (AvgIpc) is 2.88. The van der Waals surface area contributed by atoms with Crippen LogP contribution in [0.15, 0.2) is 36.5 Å². The molecule has 0 aromatic carbocycles. The summed E-state index contributed by atoms with van der Waals surface area (Å²) in [5.41, 5.74) is 1.40. The minimum atomic E-state index is -1.02. The number of anilines is 1. The first kappa shape index (κ1) is 14.0. The molecule has 0 radical (unpaired) electrons. The summed E-state index contributed by atoms with van der Waals surface area (Å²) in [7, 11) is 0. The minimum Gasteiger partial charge on any atom is -0.478 e. The molecule has 0 aliphatic rings. The van der Waals surface area contributed by atoms with Crippen molar-refractivity contribution in [2.24, 2.45) is 0 Å². The number of hydrogen-bond acceptors (Lipinski definition) is 4. The van der Waals surface area contributed by atoms with E-state index in [-0.39, 0.29) is 5.91 Å². The summed E-state index contributed by atoms with van der Waals surface area (Å²) in [6.07, 6.45) is 4.16. The summed E-state index contributed by atoms with van der Waals surface area (Å²) < 4.78 is 0. The van der Waals surface area contributed by atoms with E-state index >= 15 is 0 Å². The first-order valence-electron chi connectivity index (χ1n) is 5.80. The third-order valence-corrected chi connectivity index (χ3v) is 3.55. The molecule has 102 valence electrons. The van der Waals surface area contributed by atoms with Crippen LogP contribution in [0, 0.1) is 6.92 Å². The maximum Gasteiger partial charge on any atom is 0.328 e. The van der Waals surface area contributed by atoms with E-state index < -0.39 is 5.97 Å². The van der Waals surface area contributed by atoms with Gasteiger partial charge in [-0.15, -0.1) is 11.3 Å². The zero-order valence-corrected chi connectivity index (χ0v) is 11.5. The second kappa shape index (κ2) is 6.12. The molecule has 2 rings (SSSR count). The minimum absolute atomic E-state index is 0.235. The third kappa shape index (κ3) is 3.52. The van der Waals surface area contributed by atoms with Gasteiger partial charge in [-0.3, -0.25) is 9.78 Å². The Morgan fingerprint density at radius 2 is 2.15 bits per heavy atom. The second-order valence-electron chi connectivity index (χ2n) is 3.96. The maximum absolute atomic E-state index is 12.0. The van der Waals surface area contributed by atoms with Gasteiger partial charge in [-0.05, 0) is 37.3 Å².